The third-order valence-corrected chi connectivity index (χ3v) is 4.07. The van der Waals surface area contributed by atoms with Gasteiger partial charge in [-0.2, -0.15) is 0 Å². The number of para-hydroxylation sites is 1. The maximum absolute atomic E-state index is 12.3. The summed E-state index contributed by atoms with van der Waals surface area (Å²) < 4.78 is 5.37. The van der Waals surface area contributed by atoms with E-state index in [-0.39, 0.29) is 5.78 Å². The normalized spacial score (nSPS) is 10.8. The molecule has 1 N–H and O–H groups in total. The largest absolute Gasteiger partial charge is 0.507 e. The first-order valence-electron chi connectivity index (χ1n) is 7.63. The first kappa shape index (κ1) is 14.3. The van der Waals surface area contributed by atoms with E-state index in [1.807, 2.05) is 66.7 Å². The van der Waals surface area contributed by atoms with Gasteiger partial charge in [0, 0.05) is 16.2 Å². The molecule has 0 fully saturated rings. The Labute approximate surface area is 138 Å². The van der Waals surface area contributed by atoms with E-state index in [9.17, 15) is 4.79 Å². The van der Waals surface area contributed by atoms with Gasteiger partial charge >= 0.3 is 0 Å². The standard InChI is InChI=1S/C15H10O2.C6H4O/c16-15(11-6-2-1-3-7-11)13-10-17-14-9-5-4-8-12(13)14;7-6-3-4-1-2-5(4)6/h1-10H;1-3,7H. The van der Waals surface area contributed by atoms with Gasteiger partial charge in [-0.1, -0.05) is 60.7 Å². The molecule has 0 saturated heterocycles. The van der Waals surface area contributed by atoms with Crippen molar-refractivity contribution in [3.63, 3.8) is 0 Å². The minimum absolute atomic E-state index is 0.00412. The van der Waals surface area contributed by atoms with Gasteiger partial charge in [-0.3, -0.25) is 4.79 Å². The van der Waals surface area contributed by atoms with Crippen LogP contribution in [-0.2, 0) is 0 Å². The first-order chi connectivity index (χ1) is 11.7. The fraction of sp³-hybridized carbons (Fsp3) is 0. The summed E-state index contributed by atoms with van der Waals surface area (Å²) in [5.41, 5.74) is 2.04. The summed E-state index contributed by atoms with van der Waals surface area (Å²) in [6.45, 7) is 0. The first-order valence-corrected chi connectivity index (χ1v) is 7.63. The van der Waals surface area contributed by atoms with Crippen LogP contribution < -0.4 is 0 Å². The molecule has 0 unspecified atom stereocenters. The van der Waals surface area contributed by atoms with Gasteiger partial charge in [0.25, 0.3) is 0 Å². The summed E-state index contributed by atoms with van der Waals surface area (Å²) >= 11 is 0. The topological polar surface area (TPSA) is 50.4 Å². The van der Waals surface area contributed by atoms with Crippen LogP contribution in [-0.4, -0.2) is 10.9 Å². The molecule has 0 saturated carbocycles. The number of phenolic OH excluding ortho intramolecular Hbond substituents is 1. The Morgan fingerprint density at radius 1 is 0.875 bits per heavy atom. The van der Waals surface area contributed by atoms with Crippen LogP contribution in [0.15, 0.2) is 83.5 Å². The summed E-state index contributed by atoms with van der Waals surface area (Å²) in [5.74, 6) is 0.438. The maximum Gasteiger partial charge on any atom is 0.196 e. The third-order valence-electron chi connectivity index (χ3n) is 4.07. The lowest BCUT2D eigenvalue weighted by Gasteiger charge is -2.02. The van der Waals surface area contributed by atoms with E-state index in [2.05, 4.69) is 0 Å². The molecule has 0 radical (unpaired) electrons. The van der Waals surface area contributed by atoms with Gasteiger partial charge in [0.2, 0.25) is 0 Å². The molecule has 2 aliphatic rings. The fourth-order valence-electron chi connectivity index (χ4n) is 2.67. The van der Waals surface area contributed by atoms with Crippen LogP contribution in [0, 0.1) is 10.4 Å². The molecule has 3 heteroatoms. The van der Waals surface area contributed by atoms with E-state index in [0.29, 0.717) is 16.9 Å². The van der Waals surface area contributed by atoms with Gasteiger partial charge in [0.1, 0.15) is 17.6 Å². The molecule has 0 atom stereocenters. The van der Waals surface area contributed by atoms with Gasteiger partial charge in [-0.25, -0.2) is 0 Å². The molecule has 0 bridgehead atoms. The third kappa shape index (κ3) is 2.36. The Bertz CT molecular complexity index is 1120. The molecule has 2 aromatic carbocycles. The highest BCUT2D eigenvalue weighted by Gasteiger charge is 2.14. The Hall–Kier alpha value is -3.33. The van der Waals surface area contributed by atoms with E-state index in [4.69, 9.17) is 9.52 Å². The summed E-state index contributed by atoms with van der Waals surface area (Å²) in [6, 6.07) is 22.4. The average molecular weight is 314 g/mol. The number of ketones is 1. The Balaban J connectivity index is 0.000000172. The zero-order valence-corrected chi connectivity index (χ0v) is 12.8. The maximum atomic E-state index is 12.3. The van der Waals surface area contributed by atoms with Gasteiger partial charge < -0.3 is 9.52 Å². The molecule has 0 spiro atoms. The summed E-state index contributed by atoms with van der Waals surface area (Å²) in [6.07, 6.45) is 1.53. The number of fused-ring (bicyclic) bond motifs is 1. The molecule has 3 nitrogen and oxygen atoms in total. The molecule has 3 aromatic rings. The van der Waals surface area contributed by atoms with Crippen LogP contribution in [0.4, 0.5) is 0 Å². The molecule has 0 amide bonds. The number of aromatic hydroxyl groups is 1. The zero-order chi connectivity index (χ0) is 16.5. The number of hydrogen-bond acceptors (Lipinski definition) is 3. The second kappa shape index (κ2) is 5.70. The van der Waals surface area contributed by atoms with Gasteiger partial charge in [-0.05, 0) is 17.4 Å². The molecule has 116 valence electrons. The monoisotopic (exact) mass is 314 g/mol. The number of carbonyl (C=O) groups excluding carboxylic acids is 1. The second-order valence-corrected chi connectivity index (χ2v) is 5.57. The number of carbonyl (C=O) groups is 1. The van der Waals surface area contributed by atoms with Crippen molar-refractivity contribution >= 4 is 16.8 Å². The van der Waals surface area contributed by atoms with E-state index in [0.717, 1.165) is 16.2 Å². The molecular formula is C21H14O3. The smallest absolute Gasteiger partial charge is 0.196 e. The highest BCUT2D eigenvalue weighted by atomic mass is 16.3. The Morgan fingerprint density at radius 2 is 1.62 bits per heavy atom. The van der Waals surface area contributed by atoms with E-state index >= 15 is 0 Å². The summed E-state index contributed by atoms with van der Waals surface area (Å²) in [4.78, 5) is 12.3. The lowest BCUT2D eigenvalue weighted by molar-refractivity contribution is 0.103. The van der Waals surface area contributed by atoms with Crippen LogP contribution in [0.5, 0.6) is 5.75 Å². The predicted octanol–water partition coefficient (Wildman–Crippen LogP) is 4.66. The van der Waals surface area contributed by atoms with Crippen LogP contribution in [0.3, 0.4) is 0 Å². The predicted molar refractivity (Wildman–Crippen MR) is 91.9 cm³/mol. The Kier molecular flexibility index (Phi) is 3.39. The number of benzene rings is 3. The van der Waals surface area contributed by atoms with Crippen LogP contribution in [0.2, 0.25) is 0 Å². The molecule has 1 aromatic heterocycles. The molecule has 24 heavy (non-hydrogen) atoms. The minimum Gasteiger partial charge on any atom is -0.507 e. The number of hydrogen-bond donors (Lipinski definition) is 1. The molecule has 0 aliphatic heterocycles. The van der Waals surface area contributed by atoms with Crippen LogP contribution in [0.1, 0.15) is 15.9 Å². The molecule has 1 heterocycles. The van der Waals surface area contributed by atoms with E-state index in [1.54, 1.807) is 6.07 Å². The highest BCUT2D eigenvalue weighted by Crippen LogP contribution is 2.23. The van der Waals surface area contributed by atoms with E-state index in [1.165, 1.54) is 11.5 Å². The highest BCUT2D eigenvalue weighted by molar-refractivity contribution is 6.15. The molecule has 5 rings (SSSR count). The SMILES string of the molecule is O=C(c1ccccc1)c1coc2ccccc12.Oc1cc2ccc1=2. The zero-order valence-electron chi connectivity index (χ0n) is 12.8. The van der Waals surface area contributed by atoms with Crippen molar-refractivity contribution in [3.05, 3.63) is 101 Å². The van der Waals surface area contributed by atoms with Crippen LogP contribution in [0.25, 0.3) is 11.0 Å². The lowest BCUT2D eigenvalue weighted by Crippen LogP contribution is -1.99. The average Bonchev–Trinajstić information content (AvgIpc) is 3.04. The summed E-state index contributed by atoms with van der Waals surface area (Å²) in [5, 5.41) is 11.8. The van der Waals surface area contributed by atoms with Gasteiger partial charge in [-0.15, -0.1) is 0 Å². The quantitative estimate of drug-likeness (QED) is 0.482. The van der Waals surface area contributed by atoms with Crippen LogP contribution >= 0.6 is 0 Å². The van der Waals surface area contributed by atoms with Crippen molar-refractivity contribution in [1.82, 2.24) is 0 Å². The van der Waals surface area contributed by atoms with E-state index < -0.39 is 0 Å². The minimum atomic E-state index is -0.00412. The second-order valence-electron chi connectivity index (χ2n) is 5.57. The number of furan rings is 1. The number of rotatable bonds is 2. The molecule has 2 aliphatic carbocycles. The van der Waals surface area contributed by atoms with Gasteiger partial charge in [0.15, 0.2) is 5.78 Å². The Morgan fingerprint density at radius 3 is 2.21 bits per heavy atom. The van der Waals surface area contributed by atoms with Crippen molar-refractivity contribution in [1.29, 1.82) is 0 Å². The fourth-order valence-corrected chi connectivity index (χ4v) is 2.67. The molecular weight excluding hydrogens is 300 g/mol. The summed E-state index contributed by atoms with van der Waals surface area (Å²) in [7, 11) is 0. The van der Waals surface area contributed by atoms with Crippen molar-refractivity contribution < 1.29 is 14.3 Å². The van der Waals surface area contributed by atoms with Crippen molar-refractivity contribution in [2.75, 3.05) is 0 Å². The van der Waals surface area contributed by atoms with Crippen molar-refractivity contribution in [3.8, 4) is 5.75 Å². The van der Waals surface area contributed by atoms with Crippen molar-refractivity contribution in [2.24, 2.45) is 0 Å². The lowest BCUT2D eigenvalue weighted by atomic mass is 10.0. The number of phenols is 1. The van der Waals surface area contributed by atoms with Crippen molar-refractivity contribution in [2.45, 2.75) is 0 Å². The van der Waals surface area contributed by atoms with Gasteiger partial charge in [0.05, 0.1) is 5.56 Å².